The molecule has 0 aliphatic rings. The molecule has 0 atom stereocenters. The number of nitrogens with zero attached hydrogens (tertiary/aromatic N) is 1. The summed E-state index contributed by atoms with van der Waals surface area (Å²) in [5.74, 6) is 0.500. The van der Waals surface area contributed by atoms with E-state index in [1.807, 2.05) is 30.3 Å². The third-order valence-corrected chi connectivity index (χ3v) is 5.84. The zero-order valence-corrected chi connectivity index (χ0v) is 21.4. The second-order valence-electron chi connectivity index (χ2n) is 8.41. The summed E-state index contributed by atoms with van der Waals surface area (Å²) >= 11 is 0. The minimum Gasteiger partial charge on any atom is -0.493 e. The maximum atomic E-state index is 13.7. The average molecular weight is 508 g/mol. The van der Waals surface area contributed by atoms with Crippen molar-refractivity contribution in [3.05, 3.63) is 83.4 Å². The smallest absolute Gasteiger partial charge is 0.341 e. The monoisotopic (exact) mass is 507 g/mol. The van der Waals surface area contributed by atoms with Crippen LogP contribution >= 0.6 is 0 Å². The van der Waals surface area contributed by atoms with Gasteiger partial charge in [-0.05, 0) is 54.7 Å². The number of aryl methyl sites for hydroxylation is 1. The molecule has 0 radical (unpaired) electrons. The number of hydrogen-bond acceptors (Lipinski definition) is 6. The fourth-order valence-electron chi connectivity index (χ4n) is 3.97. The standard InChI is InChI=1S/C29H33NO7/c1-34-25-17-23(18-26(35-2)28(25)36-3)29(33)30(16-8-7-11-21-9-5-4-6-10-21)19-22-12-14-24(15-13-22)37-20-27(31)32/h4-6,9-10,12-15,17-18H,7-8,11,16,19-20H2,1-3H3,(H,31,32). The first-order valence-corrected chi connectivity index (χ1v) is 12.0. The predicted octanol–water partition coefficient (Wildman–Crippen LogP) is 4.84. The van der Waals surface area contributed by atoms with Gasteiger partial charge in [-0.3, -0.25) is 4.79 Å². The summed E-state index contributed by atoms with van der Waals surface area (Å²) < 4.78 is 21.5. The number of benzene rings is 3. The molecule has 0 saturated heterocycles. The number of carboxylic acid groups (broad SMARTS) is 1. The first-order valence-electron chi connectivity index (χ1n) is 12.0. The molecule has 0 unspecified atom stereocenters. The van der Waals surface area contributed by atoms with E-state index in [1.165, 1.54) is 26.9 Å². The van der Waals surface area contributed by atoms with Gasteiger partial charge in [0.1, 0.15) is 5.75 Å². The number of carbonyl (C=O) groups excluding carboxylic acids is 1. The second kappa shape index (κ2) is 13.8. The van der Waals surface area contributed by atoms with Gasteiger partial charge in [0.15, 0.2) is 18.1 Å². The Bertz CT molecular complexity index is 1140. The highest BCUT2D eigenvalue weighted by Crippen LogP contribution is 2.38. The van der Waals surface area contributed by atoms with Crippen molar-refractivity contribution in [1.82, 2.24) is 4.90 Å². The number of hydrogen-bond donors (Lipinski definition) is 1. The van der Waals surface area contributed by atoms with Crippen LogP contribution in [0.5, 0.6) is 23.0 Å². The Kier molecular flexibility index (Phi) is 10.2. The molecule has 3 rings (SSSR count). The number of aliphatic carboxylic acids is 1. The summed E-state index contributed by atoms with van der Waals surface area (Å²) in [6.45, 7) is 0.520. The van der Waals surface area contributed by atoms with E-state index in [9.17, 15) is 9.59 Å². The lowest BCUT2D eigenvalue weighted by Crippen LogP contribution is -2.31. The summed E-state index contributed by atoms with van der Waals surface area (Å²) in [6, 6.07) is 20.6. The maximum absolute atomic E-state index is 13.7. The van der Waals surface area contributed by atoms with Crippen LogP contribution in [-0.2, 0) is 17.8 Å². The summed E-state index contributed by atoms with van der Waals surface area (Å²) in [5, 5.41) is 8.81. The highest BCUT2D eigenvalue weighted by Gasteiger charge is 2.21. The molecule has 0 fully saturated rings. The molecule has 0 heterocycles. The van der Waals surface area contributed by atoms with Gasteiger partial charge >= 0.3 is 5.97 Å². The van der Waals surface area contributed by atoms with Crippen LogP contribution in [0.4, 0.5) is 0 Å². The normalized spacial score (nSPS) is 10.5. The lowest BCUT2D eigenvalue weighted by atomic mass is 10.1. The van der Waals surface area contributed by atoms with E-state index in [4.69, 9.17) is 24.1 Å². The van der Waals surface area contributed by atoms with E-state index in [0.717, 1.165) is 24.8 Å². The van der Waals surface area contributed by atoms with Crippen LogP contribution < -0.4 is 18.9 Å². The molecule has 0 spiro atoms. The Labute approximate surface area is 217 Å². The maximum Gasteiger partial charge on any atom is 0.341 e. The Morgan fingerprint density at radius 2 is 1.46 bits per heavy atom. The zero-order chi connectivity index (χ0) is 26.6. The molecule has 1 N–H and O–H groups in total. The van der Waals surface area contributed by atoms with Gasteiger partial charge in [-0.25, -0.2) is 4.79 Å². The predicted molar refractivity (Wildman–Crippen MR) is 140 cm³/mol. The largest absolute Gasteiger partial charge is 0.493 e. The minimum absolute atomic E-state index is 0.162. The van der Waals surface area contributed by atoms with Crippen molar-refractivity contribution >= 4 is 11.9 Å². The summed E-state index contributed by atoms with van der Waals surface area (Å²) in [7, 11) is 4.55. The van der Waals surface area contributed by atoms with Crippen molar-refractivity contribution in [2.45, 2.75) is 25.8 Å². The van der Waals surface area contributed by atoms with Crippen molar-refractivity contribution in [3.8, 4) is 23.0 Å². The molecule has 0 bridgehead atoms. The SMILES string of the molecule is COc1cc(C(=O)N(CCCCc2ccccc2)Cc2ccc(OCC(=O)O)cc2)cc(OC)c1OC. The molecular weight excluding hydrogens is 474 g/mol. The molecule has 8 nitrogen and oxygen atoms in total. The van der Waals surface area contributed by atoms with Crippen molar-refractivity contribution in [2.24, 2.45) is 0 Å². The number of unbranched alkanes of at least 4 members (excludes halogenated alkanes) is 1. The van der Waals surface area contributed by atoms with Crippen LogP contribution in [0.3, 0.4) is 0 Å². The van der Waals surface area contributed by atoms with E-state index >= 15 is 0 Å². The first kappa shape index (κ1) is 27.4. The molecule has 8 heteroatoms. The van der Waals surface area contributed by atoms with Gasteiger partial charge in [-0.1, -0.05) is 42.5 Å². The average Bonchev–Trinajstić information content (AvgIpc) is 2.93. The quantitative estimate of drug-likeness (QED) is 0.312. The van der Waals surface area contributed by atoms with E-state index in [0.29, 0.717) is 41.7 Å². The number of methoxy groups -OCH3 is 3. The van der Waals surface area contributed by atoms with E-state index in [1.54, 1.807) is 29.2 Å². The van der Waals surface area contributed by atoms with Gasteiger partial charge in [0.25, 0.3) is 5.91 Å². The van der Waals surface area contributed by atoms with Crippen molar-refractivity contribution in [2.75, 3.05) is 34.5 Å². The lowest BCUT2D eigenvalue weighted by Gasteiger charge is -2.24. The Hall–Kier alpha value is -4.20. The Morgan fingerprint density at radius 1 is 0.811 bits per heavy atom. The fraction of sp³-hybridized carbons (Fsp3) is 0.310. The fourth-order valence-corrected chi connectivity index (χ4v) is 3.97. The Morgan fingerprint density at radius 3 is 2.03 bits per heavy atom. The number of carboxylic acids is 1. The molecular formula is C29H33NO7. The van der Waals surface area contributed by atoms with Crippen molar-refractivity contribution in [3.63, 3.8) is 0 Å². The molecule has 0 aliphatic carbocycles. The number of carbonyl (C=O) groups is 2. The summed E-state index contributed by atoms with van der Waals surface area (Å²) in [4.78, 5) is 26.2. The van der Waals surface area contributed by atoms with Gasteiger partial charge in [0.2, 0.25) is 5.75 Å². The first-order chi connectivity index (χ1) is 17.9. The van der Waals surface area contributed by atoms with Gasteiger partial charge < -0.3 is 29.0 Å². The van der Waals surface area contributed by atoms with E-state index in [2.05, 4.69) is 12.1 Å². The second-order valence-corrected chi connectivity index (χ2v) is 8.41. The third kappa shape index (κ3) is 7.90. The van der Waals surface area contributed by atoms with Gasteiger partial charge in [0.05, 0.1) is 21.3 Å². The van der Waals surface area contributed by atoms with Crippen LogP contribution in [0.15, 0.2) is 66.7 Å². The molecule has 3 aromatic carbocycles. The summed E-state index contributed by atoms with van der Waals surface area (Å²) in [5.41, 5.74) is 2.59. The number of amides is 1. The molecule has 3 aromatic rings. The number of rotatable bonds is 14. The van der Waals surface area contributed by atoms with Crippen LogP contribution in [0.2, 0.25) is 0 Å². The van der Waals surface area contributed by atoms with Crippen LogP contribution in [0, 0.1) is 0 Å². The van der Waals surface area contributed by atoms with Crippen molar-refractivity contribution < 1.29 is 33.6 Å². The van der Waals surface area contributed by atoms with Gasteiger partial charge in [-0.15, -0.1) is 0 Å². The van der Waals surface area contributed by atoms with E-state index < -0.39 is 12.6 Å². The lowest BCUT2D eigenvalue weighted by molar-refractivity contribution is -0.139. The Balaban J connectivity index is 1.78. The molecule has 0 saturated carbocycles. The third-order valence-electron chi connectivity index (χ3n) is 5.84. The van der Waals surface area contributed by atoms with Gasteiger partial charge in [-0.2, -0.15) is 0 Å². The highest BCUT2D eigenvalue weighted by molar-refractivity contribution is 5.95. The minimum atomic E-state index is -1.04. The molecule has 37 heavy (non-hydrogen) atoms. The summed E-state index contributed by atoms with van der Waals surface area (Å²) in [6.07, 6.45) is 2.69. The molecule has 196 valence electrons. The molecule has 0 aliphatic heterocycles. The van der Waals surface area contributed by atoms with Crippen molar-refractivity contribution in [1.29, 1.82) is 0 Å². The van der Waals surface area contributed by atoms with Crippen LogP contribution in [-0.4, -0.2) is 56.4 Å². The molecule has 0 aromatic heterocycles. The van der Waals surface area contributed by atoms with E-state index in [-0.39, 0.29) is 5.91 Å². The number of ether oxygens (including phenoxy) is 4. The van der Waals surface area contributed by atoms with Crippen LogP contribution in [0.1, 0.15) is 34.3 Å². The zero-order valence-electron chi connectivity index (χ0n) is 21.4. The van der Waals surface area contributed by atoms with Gasteiger partial charge in [0, 0.05) is 18.7 Å². The topological polar surface area (TPSA) is 94.5 Å². The highest BCUT2D eigenvalue weighted by atomic mass is 16.5. The van der Waals surface area contributed by atoms with Crippen LogP contribution in [0.25, 0.3) is 0 Å². The molecule has 1 amide bonds.